The maximum absolute atomic E-state index is 12.7. The zero-order valence-corrected chi connectivity index (χ0v) is 16.5. The fourth-order valence-corrected chi connectivity index (χ4v) is 3.06. The Morgan fingerprint density at radius 2 is 2.04 bits per heavy atom. The van der Waals surface area contributed by atoms with Crippen LogP contribution in [0.2, 0.25) is 0 Å². The number of nitrogens with zero attached hydrogens (tertiary/aromatic N) is 1. The molecule has 2 atom stereocenters. The van der Waals surface area contributed by atoms with Gasteiger partial charge in [0, 0.05) is 25.2 Å². The first-order valence-corrected chi connectivity index (χ1v) is 8.31. The van der Waals surface area contributed by atoms with Crippen LogP contribution in [0.15, 0.2) is 18.2 Å². The first kappa shape index (κ1) is 21.5. The normalized spacial score (nSPS) is 21.0. The van der Waals surface area contributed by atoms with Gasteiger partial charge in [-0.1, -0.05) is 13.8 Å². The van der Waals surface area contributed by atoms with Gasteiger partial charge in [-0.2, -0.15) is 0 Å². The summed E-state index contributed by atoms with van der Waals surface area (Å²) in [5.41, 5.74) is 6.80. The van der Waals surface area contributed by atoms with Crippen LogP contribution in [0.1, 0.15) is 27.2 Å². The van der Waals surface area contributed by atoms with E-state index in [-0.39, 0.29) is 35.8 Å². The molecule has 0 aliphatic carbocycles. The van der Waals surface area contributed by atoms with Gasteiger partial charge in [0.15, 0.2) is 0 Å². The number of piperidine rings is 1. The zero-order chi connectivity index (χ0) is 17.9. The maximum atomic E-state index is 12.7. The van der Waals surface area contributed by atoms with E-state index in [2.05, 4.69) is 24.1 Å². The Labute approximate surface area is 156 Å². The molecule has 0 aromatic heterocycles. The second-order valence-electron chi connectivity index (χ2n) is 7.09. The molecule has 0 bridgehead atoms. The Bertz CT molecular complexity index is 595. The third-order valence-electron chi connectivity index (χ3n) is 4.93. The summed E-state index contributed by atoms with van der Waals surface area (Å²) < 4.78 is 10.5. The van der Waals surface area contributed by atoms with E-state index < -0.39 is 0 Å². The summed E-state index contributed by atoms with van der Waals surface area (Å²) in [6.45, 7) is 7.86. The van der Waals surface area contributed by atoms with Gasteiger partial charge in [0.05, 0.1) is 25.9 Å². The Balaban J connectivity index is 0.00000312. The first-order valence-electron chi connectivity index (χ1n) is 8.31. The molecule has 25 heavy (non-hydrogen) atoms. The van der Waals surface area contributed by atoms with E-state index in [9.17, 15) is 4.79 Å². The Hall–Kier alpha value is -1.50. The van der Waals surface area contributed by atoms with Crippen LogP contribution in [0.3, 0.4) is 0 Å². The summed E-state index contributed by atoms with van der Waals surface area (Å²) in [6.07, 6.45) is 0.896. The van der Waals surface area contributed by atoms with Crippen LogP contribution >= 0.6 is 12.4 Å². The number of benzene rings is 1. The molecule has 0 radical (unpaired) electrons. The lowest BCUT2D eigenvalue weighted by Gasteiger charge is -2.44. The molecule has 1 amide bonds. The van der Waals surface area contributed by atoms with Crippen LogP contribution in [-0.4, -0.2) is 50.2 Å². The lowest BCUT2D eigenvalue weighted by molar-refractivity contribution is -0.122. The summed E-state index contributed by atoms with van der Waals surface area (Å²) in [4.78, 5) is 14.9. The summed E-state index contributed by atoms with van der Waals surface area (Å²) in [5.74, 6) is 1.22. The second-order valence-corrected chi connectivity index (χ2v) is 7.09. The van der Waals surface area contributed by atoms with Crippen molar-refractivity contribution in [3.05, 3.63) is 18.2 Å². The SMILES string of the molecule is COc1ccc(OC)c(NC(=O)C(C)N2CCC(N)C(C)(C)C2)c1.Cl. The number of ether oxygens (including phenoxy) is 2. The maximum Gasteiger partial charge on any atom is 0.241 e. The second kappa shape index (κ2) is 8.74. The number of nitrogens with two attached hydrogens (primary N) is 1. The summed E-state index contributed by atoms with van der Waals surface area (Å²) >= 11 is 0. The van der Waals surface area contributed by atoms with E-state index >= 15 is 0 Å². The molecule has 2 rings (SSSR count). The summed E-state index contributed by atoms with van der Waals surface area (Å²) in [5, 5.41) is 2.95. The Morgan fingerprint density at radius 1 is 1.36 bits per heavy atom. The quantitative estimate of drug-likeness (QED) is 0.831. The van der Waals surface area contributed by atoms with Gasteiger partial charge in [-0.05, 0) is 30.9 Å². The van der Waals surface area contributed by atoms with Crippen LogP contribution in [0.4, 0.5) is 5.69 Å². The van der Waals surface area contributed by atoms with Crippen molar-refractivity contribution < 1.29 is 14.3 Å². The predicted octanol–water partition coefficient (Wildman–Crippen LogP) is 2.51. The van der Waals surface area contributed by atoms with Crippen molar-refractivity contribution >= 4 is 24.0 Å². The fourth-order valence-electron chi connectivity index (χ4n) is 3.06. The van der Waals surface area contributed by atoms with E-state index in [1.165, 1.54) is 0 Å². The number of anilines is 1. The minimum absolute atomic E-state index is 0. The third kappa shape index (κ3) is 5.00. The molecular formula is C18H30ClN3O3. The number of nitrogens with one attached hydrogen (secondary N) is 1. The van der Waals surface area contributed by atoms with E-state index in [0.717, 1.165) is 19.5 Å². The number of amides is 1. The molecule has 0 spiro atoms. The largest absolute Gasteiger partial charge is 0.497 e. The molecule has 1 aromatic rings. The van der Waals surface area contributed by atoms with Gasteiger partial charge in [0.25, 0.3) is 0 Å². The molecule has 1 aromatic carbocycles. The van der Waals surface area contributed by atoms with Crippen molar-refractivity contribution in [1.82, 2.24) is 4.90 Å². The lowest BCUT2D eigenvalue weighted by Crippen LogP contribution is -2.56. The lowest BCUT2D eigenvalue weighted by atomic mass is 9.79. The van der Waals surface area contributed by atoms with Crippen LogP contribution in [0.25, 0.3) is 0 Å². The number of likely N-dealkylation sites (tertiary alicyclic amines) is 1. The fraction of sp³-hybridized carbons (Fsp3) is 0.611. The zero-order valence-electron chi connectivity index (χ0n) is 15.7. The monoisotopic (exact) mass is 371 g/mol. The van der Waals surface area contributed by atoms with Gasteiger partial charge in [-0.15, -0.1) is 12.4 Å². The standard InChI is InChI=1S/C18H29N3O3.ClH/c1-12(21-9-8-16(19)18(2,3)11-21)17(22)20-14-10-13(23-4)6-7-15(14)24-5;/h6-7,10,12,16H,8-9,11,19H2,1-5H3,(H,20,22);1H. The topological polar surface area (TPSA) is 76.8 Å². The molecule has 1 heterocycles. The highest BCUT2D eigenvalue weighted by atomic mass is 35.5. The number of hydrogen-bond acceptors (Lipinski definition) is 5. The molecule has 1 aliphatic heterocycles. The van der Waals surface area contributed by atoms with Gasteiger partial charge < -0.3 is 20.5 Å². The van der Waals surface area contributed by atoms with Crippen molar-refractivity contribution in [2.45, 2.75) is 39.3 Å². The van der Waals surface area contributed by atoms with Crippen LogP contribution in [0.5, 0.6) is 11.5 Å². The van der Waals surface area contributed by atoms with Crippen molar-refractivity contribution in [2.24, 2.45) is 11.1 Å². The average Bonchev–Trinajstić information content (AvgIpc) is 2.56. The molecule has 2 unspecified atom stereocenters. The molecule has 1 aliphatic rings. The summed E-state index contributed by atoms with van der Waals surface area (Å²) in [7, 11) is 3.17. The molecular weight excluding hydrogens is 342 g/mol. The predicted molar refractivity (Wildman–Crippen MR) is 103 cm³/mol. The van der Waals surface area contributed by atoms with Crippen molar-refractivity contribution in [3.63, 3.8) is 0 Å². The van der Waals surface area contributed by atoms with Crippen LogP contribution < -0.4 is 20.5 Å². The smallest absolute Gasteiger partial charge is 0.241 e. The van der Waals surface area contributed by atoms with Crippen LogP contribution in [-0.2, 0) is 4.79 Å². The average molecular weight is 372 g/mol. The molecule has 6 nitrogen and oxygen atoms in total. The number of carbonyl (C=O) groups excluding carboxylic acids is 1. The number of carbonyl (C=O) groups is 1. The summed E-state index contributed by atoms with van der Waals surface area (Å²) in [6, 6.07) is 5.27. The third-order valence-corrected chi connectivity index (χ3v) is 4.93. The molecule has 1 fully saturated rings. The van der Waals surface area contributed by atoms with Gasteiger partial charge in [-0.3, -0.25) is 9.69 Å². The number of rotatable bonds is 5. The van der Waals surface area contributed by atoms with E-state index in [4.69, 9.17) is 15.2 Å². The molecule has 142 valence electrons. The first-order chi connectivity index (χ1) is 11.3. The van der Waals surface area contributed by atoms with Crippen molar-refractivity contribution in [1.29, 1.82) is 0 Å². The molecule has 1 saturated heterocycles. The van der Waals surface area contributed by atoms with Gasteiger partial charge >= 0.3 is 0 Å². The van der Waals surface area contributed by atoms with Gasteiger partial charge in [-0.25, -0.2) is 0 Å². The highest BCUT2D eigenvalue weighted by Crippen LogP contribution is 2.31. The van der Waals surface area contributed by atoms with E-state index in [0.29, 0.717) is 17.2 Å². The highest BCUT2D eigenvalue weighted by molar-refractivity contribution is 5.96. The van der Waals surface area contributed by atoms with Crippen LogP contribution in [0, 0.1) is 5.41 Å². The molecule has 3 N–H and O–H groups in total. The van der Waals surface area contributed by atoms with Crippen molar-refractivity contribution in [2.75, 3.05) is 32.6 Å². The molecule has 7 heteroatoms. The number of methoxy groups -OCH3 is 2. The van der Waals surface area contributed by atoms with E-state index in [1.54, 1.807) is 32.4 Å². The minimum atomic E-state index is -0.243. The number of hydrogen-bond donors (Lipinski definition) is 2. The minimum Gasteiger partial charge on any atom is -0.497 e. The van der Waals surface area contributed by atoms with Gasteiger partial charge in [0.1, 0.15) is 11.5 Å². The van der Waals surface area contributed by atoms with Gasteiger partial charge in [0.2, 0.25) is 5.91 Å². The Kier molecular flexibility index (Phi) is 7.53. The number of halogens is 1. The van der Waals surface area contributed by atoms with E-state index in [1.807, 2.05) is 6.92 Å². The highest BCUT2D eigenvalue weighted by Gasteiger charge is 2.36. The van der Waals surface area contributed by atoms with Crippen molar-refractivity contribution in [3.8, 4) is 11.5 Å². The Morgan fingerprint density at radius 3 is 2.60 bits per heavy atom. The molecule has 0 saturated carbocycles.